The normalized spacial score (nSPS) is 17.7. The lowest BCUT2D eigenvalue weighted by molar-refractivity contribution is -0.136. The number of hydrogen-bond donors (Lipinski definition) is 2. The number of carbonyl (C=O) groups excluding carboxylic acids is 4. The quantitative estimate of drug-likeness (QED) is 0.514. The highest BCUT2D eigenvalue weighted by Crippen LogP contribution is 2.33. The van der Waals surface area contributed by atoms with Crippen molar-refractivity contribution in [3.05, 3.63) is 69.5 Å². The highest BCUT2D eigenvalue weighted by molar-refractivity contribution is 6.35. The van der Waals surface area contributed by atoms with Gasteiger partial charge in [0.1, 0.15) is 11.8 Å². The van der Waals surface area contributed by atoms with Gasteiger partial charge in [0.05, 0.1) is 23.9 Å². The van der Waals surface area contributed by atoms with Gasteiger partial charge in [-0.15, -0.1) is 0 Å². The van der Waals surface area contributed by atoms with E-state index in [9.17, 15) is 19.2 Å². The average molecular weight is 499 g/mol. The first-order chi connectivity index (χ1) is 16.3. The minimum Gasteiger partial charge on any atom is -0.439 e. The summed E-state index contributed by atoms with van der Waals surface area (Å²) < 4.78 is 5.77. The van der Waals surface area contributed by atoms with Gasteiger partial charge in [-0.3, -0.25) is 29.4 Å². The number of rotatable bonds is 5. The number of nitrogens with zero attached hydrogens (tertiary/aromatic N) is 2. The monoisotopic (exact) mass is 498 g/mol. The van der Waals surface area contributed by atoms with Crippen molar-refractivity contribution in [1.82, 2.24) is 15.2 Å². The van der Waals surface area contributed by atoms with Gasteiger partial charge in [-0.2, -0.15) is 0 Å². The second kappa shape index (κ2) is 8.58. The largest absolute Gasteiger partial charge is 0.439 e. The molecule has 2 aliphatic heterocycles. The van der Waals surface area contributed by atoms with E-state index in [1.54, 1.807) is 30.3 Å². The number of halogens is 2. The number of amides is 4. The molecule has 0 aliphatic carbocycles. The zero-order valence-electron chi connectivity index (χ0n) is 17.4. The predicted molar refractivity (Wildman–Crippen MR) is 122 cm³/mol. The first-order valence-corrected chi connectivity index (χ1v) is 11.1. The predicted octanol–water partition coefficient (Wildman–Crippen LogP) is 3.66. The number of aromatic nitrogens is 1. The van der Waals surface area contributed by atoms with Gasteiger partial charge in [-0.05, 0) is 36.8 Å². The standard InChI is InChI=1S/C23H16Cl2N4O5/c24-12-6-11(7-13(25)8-12)21-27-10-14(34-21)9-26-16-3-1-2-15-19(16)23(33)29(22(15)32)17-4-5-18(30)28-20(17)31/h1-3,6-8,10,17,26H,4-5,9H2,(H,28,30,31). The summed E-state index contributed by atoms with van der Waals surface area (Å²) >= 11 is 12.1. The molecular weight excluding hydrogens is 483 g/mol. The van der Waals surface area contributed by atoms with Crippen LogP contribution in [-0.4, -0.2) is 39.6 Å². The van der Waals surface area contributed by atoms with Gasteiger partial charge < -0.3 is 9.73 Å². The molecule has 1 atom stereocenters. The van der Waals surface area contributed by atoms with Crippen molar-refractivity contribution in [3.63, 3.8) is 0 Å². The Morgan fingerprint density at radius 1 is 1.09 bits per heavy atom. The summed E-state index contributed by atoms with van der Waals surface area (Å²) in [5.41, 5.74) is 1.38. The summed E-state index contributed by atoms with van der Waals surface area (Å²) in [6.07, 6.45) is 1.68. The Morgan fingerprint density at radius 2 is 1.85 bits per heavy atom. The molecule has 3 heterocycles. The van der Waals surface area contributed by atoms with Crippen LogP contribution in [0.3, 0.4) is 0 Å². The topological polar surface area (TPSA) is 122 Å². The maximum absolute atomic E-state index is 13.2. The first-order valence-electron chi connectivity index (χ1n) is 10.3. The van der Waals surface area contributed by atoms with E-state index in [2.05, 4.69) is 15.6 Å². The van der Waals surface area contributed by atoms with E-state index < -0.39 is 29.7 Å². The summed E-state index contributed by atoms with van der Waals surface area (Å²) in [7, 11) is 0. The smallest absolute Gasteiger partial charge is 0.264 e. The molecule has 0 bridgehead atoms. The molecule has 11 heteroatoms. The lowest BCUT2D eigenvalue weighted by Crippen LogP contribution is -2.54. The Balaban J connectivity index is 1.36. The third-order valence-corrected chi connectivity index (χ3v) is 6.02. The Kier molecular flexibility index (Phi) is 5.59. The lowest BCUT2D eigenvalue weighted by Gasteiger charge is -2.27. The minimum absolute atomic E-state index is 0.0561. The Morgan fingerprint density at radius 3 is 2.59 bits per heavy atom. The number of benzene rings is 2. The van der Waals surface area contributed by atoms with Crippen LogP contribution in [0.5, 0.6) is 0 Å². The van der Waals surface area contributed by atoms with Gasteiger partial charge in [0.25, 0.3) is 11.8 Å². The SMILES string of the molecule is O=C1CCC(N2C(=O)c3cccc(NCc4cnc(-c5cc(Cl)cc(Cl)c5)o4)c3C2=O)C(=O)N1. The second-order valence-corrected chi connectivity index (χ2v) is 8.69. The van der Waals surface area contributed by atoms with Crippen molar-refractivity contribution in [2.24, 2.45) is 0 Å². The van der Waals surface area contributed by atoms with Crippen LogP contribution in [-0.2, 0) is 16.1 Å². The number of oxazole rings is 1. The van der Waals surface area contributed by atoms with E-state index in [1.165, 1.54) is 12.3 Å². The zero-order valence-corrected chi connectivity index (χ0v) is 18.9. The van der Waals surface area contributed by atoms with E-state index in [4.69, 9.17) is 27.6 Å². The minimum atomic E-state index is -1.03. The van der Waals surface area contributed by atoms with Crippen LogP contribution in [0.25, 0.3) is 11.5 Å². The van der Waals surface area contributed by atoms with Crippen LogP contribution in [0.1, 0.15) is 39.3 Å². The van der Waals surface area contributed by atoms with Crippen LogP contribution >= 0.6 is 23.2 Å². The number of hydrogen-bond acceptors (Lipinski definition) is 7. The highest BCUT2D eigenvalue weighted by Gasteiger charge is 2.45. The zero-order chi connectivity index (χ0) is 24.0. The third-order valence-electron chi connectivity index (χ3n) is 5.58. The summed E-state index contributed by atoms with van der Waals surface area (Å²) in [5.74, 6) is -1.44. The number of anilines is 1. The van der Waals surface area contributed by atoms with Crippen molar-refractivity contribution >= 4 is 52.5 Å². The van der Waals surface area contributed by atoms with Gasteiger partial charge in [0.15, 0.2) is 0 Å². The molecule has 2 aromatic carbocycles. The molecule has 1 aromatic heterocycles. The van der Waals surface area contributed by atoms with Gasteiger partial charge in [0.2, 0.25) is 17.7 Å². The van der Waals surface area contributed by atoms with E-state index >= 15 is 0 Å². The molecule has 1 fully saturated rings. The Labute approximate surface area is 203 Å². The maximum atomic E-state index is 13.2. The molecule has 3 aromatic rings. The molecule has 2 aliphatic rings. The Hall–Kier alpha value is -3.69. The molecule has 172 valence electrons. The second-order valence-electron chi connectivity index (χ2n) is 7.82. The molecular formula is C23H16Cl2N4O5. The fourth-order valence-electron chi connectivity index (χ4n) is 4.04. The van der Waals surface area contributed by atoms with Crippen LogP contribution in [0.4, 0.5) is 5.69 Å². The summed E-state index contributed by atoms with van der Waals surface area (Å²) in [6.45, 7) is 0.178. The molecule has 2 N–H and O–H groups in total. The van der Waals surface area contributed by atoms with Crippen LogP contribution in [0.2, 0.25) is 10.0 Å². The fourth-order valence-corrected chi connectivity index (χ4v) is 4.57. The first kappa shape index (κ1) is 22.1. The van der Waals surface area contributed by atoms with Crippen molar-refractivity contribution in [2.75, 3.05) is 5.32 Å². The number of imide groups is 2. The molecule has 9 nitrogen and oxygen atoms in total. The molecule has 0 saturated carbocycles. The highest BCUT2D eigenvalue weighted by atomic mass is 35.5. The summed E-state index contributed by atoms with van der Waals surface area (Å²) in [6, 6.07) is 8.75. The molecule has 1 unspecified atom stereocenters. The van der Waals surface area contributed by atoms with Gasteiger partial charge in [0, 0.05) is 27.7 Å². The third kappa shape index (κ3) is 3.93. The van der Waals surface area contributed by atoms with Crippen molar-refractivity contribution < 1.29 is 23.6 Å². The van der Waals surface area contributed by atoms with Crippen molar-refractivity contribution in [2.45, 2.75) is 25.4 Å². The summed E-state index contributed by atoms with van der Waals surface area (Å²) in [4.78, 5) is 55.0. The molecule has 0 radical (unpaired) electrons. The van der Waals surface area contributed by atoms with Crippen molar-refractivity contribution in [1.29, 1.82) is 0 Å². The van der Waals surface area contributed by atoms with E-state index in [-0.39, 0.29) is 30.5 Å². The van der Waals surface area contributed by atoms with Gasteiger partial charge in [-0.1, -0.05) is 29.3 Å². The van der Waals surface area contributed by atoms with Gasteiger partial charge >= 0.3 is 0 Å². The molecule has 34 heavy (non-hydrogen) atoms. The molecule has 5 rings (SSSR count). The van der Waals surface area contributed by atoms with Crippen LogP contribution < -0.4 is 10.6 Å². The Bertz CT molecular complexity index is 1350. The number of fused-ring (bicyclic) bond motifs is 1. The molecule has 0 spiro atoms. The number of nitrogens with one attached hydrogen (secondary N) is 2. The average Bonchev–Trinajstić information content (AvgIpc) is 3.36. The number of piperidine rings is 1. The maximum Gasteiger partial charge on any atom is 0.264 e. The van der Waals surface area contributed by atoms with E-state index in [1.807, 2.05) is 0 Å². The lowest BCUT2D eigenvalue weighted by atomic mass is 10.0. The summed E-state index contributed by atoms with van der Waals surface area (Å²) in [5, 5.41) is 6.18. The van der Waals surface area contributed by atoms with Crippen molar-refractivity contribution in [3.8, 4) is 11.5 Å². The van der Waals surface area contributed by atoms with E-state index in [0.29, 0.717) is 32.9 Å². The van der Waals surface area contributed by atoms with Crippen LogP contribution in [0.15, 0.2) is 47.0 Å². The van der Waals surface area contributed by atoms with Crippen LogP contribution in [0, 0.1) is 0 Å². The number of carbonyl (C=O) groups is 4. The molecule has 1 saturated heterocycles. The fraction of sp³-hybridized carbons (Fsp3) is 0.174. The molecule has 4 amide bonds. The van der Waals surface area contributed by atoms with Gasteiger partial charge in [-0.25, -0.2) is 4.98 Å². The van der Waals surface area contributed by atoms with E-state index in [0.717, 1.165) is 4.90 Å².